The minimum Gasteiger partial charge on any atom is -0.493 e. The summed E-state index contributed by atoms with van der Waals surface area (Å²) < 4.78 is 12.6. The number of carbonyl (C=O) groups is 1. The second kappa shape index (κ2) is 7.33. The van der Waals surface area contributed by atoms with Crippen LogP contribution < -0.4 is 14.8 Å². The van der Waals surface area contributed by atoms with E-state index in [-0.39, 0.29) is 17.7 Å². The Bertz CT molecular complexity index is 1140. The molecule has 3 aromatic rings. The molecular formula is C23H22N4O3. The van der Waals surface area contributed by atoms with E-state index in [1.54, 1.807) is 18.9 Å². The molecule has 0 radical (unpaired) electrons. The number of allylic oxidation sites excluding steroid dienone is 2. The van der Waals surface area contributed by atoms with E-state index in [0.717, 1.165) is 23.3 Å². The quantitative estimate of drug-likeness (QED) is 0.717. The van der Waals surface area contributed by atoms with Gasteiger partial charge in [-0.15, -0.1) is 0 Å². The molecule has 0 unspecified atom stereocenters. The molecule has 2 heterocycles. The predicted molar refractivity (Wildman–Crippen MR) is 112 cm³/mol. The highest BCUT2D eigenvalue weighted by Crippen LogP contribution is 2.44. The van der Waals surface area contributed by atoms with Crippen LogP contribution in [0.1, 0.15) is 35.9 Å². The van der Waals surface area contributed by atoms with Gasteiger partial charge in [0.15, 0.2) is 17.3 Å². The van der Waals surface area contributed by atoms with Gasteiger partial charge in [-0.05, 0) is 35.6 Å². The first kappa shape index (κ1) is 18.4. The van der Waals surface area contributed by atoms with Gasteiger partial charge in [-0.1, -0.05) is 36.4 Å². The van der Waals surface area contributed by atoms with Gasteiger partial charge in [0, 0.05) is 17.7 Å². The molecule has 0 bridgehead atoms. The number of ketones is 1. The largest absolute Gasteiger partial charge is 0.493 e. The van der Waals surface area contributed by atoms with Crippen molar-refractivity contribution >= 4 is 11.7 Å². The molecule has 2 aliphatic rings. The Morgan fingerprint density at radius 1 is 1.00 bits per heavy atom. The third-order valence-corrected chi connectivity index (χ3v) is 5.86. The number of Topliss-reactive ketones (excluding diaryl/α,β-unsaturated/α-hetero) is 1. The van der Waals surface area contributed by atoms with Gasteiger partial charge in [0.05, 0.1) is 14.2 Å². The lowest BCUT2D eigenvalue weighted by atomic mass is 9.78. The molecular weight excluding hydrogens is 380 g/mol. The minimum absolute atomic E-state index is 0.124. The fourth-order valence-electron chi connectivity index (χ4n) is 4.44. The summed E-state index contributed by atoms with van der Waals surface area (Å²) in [6.45, 7) is 0. The molecule has 152 valence electrons. The van der Waals surface area contributed by atoms with Crippen molar-refractivity contribution in [3.8, 4) is 11.5 Å². The average Bonchev–Trinajstić information content (AvgIpc) is 3.25. The van der Waals surface area contributed by atoms with Crippen LogP contribution in [0.2, 0.25) is 0 Å². The fourth-order valence-corrected chi connectivity index (χ4v) is 4.44. The highest BCUT2D eigenvalue weighted by Gasteiger charge is 2.39. The molecule has 0 saturated carbocycles. The summed E-state index contributed by atoms with van der Waals surface area (Å²) in [5.74, 6) is 2.16. The van der Waals surface area contributed by atoms with E-state index in [1.807, 2.05) is 36.4 Å². The third-order valence-electron chi connectivity index (χ3n) is 5.86. The molecule has 0 amide bonds. The molecule has 1 aromatic heterocycles. The summed E-state index contributed by atoms with van der Waals surface area (Å²) in [5, 5.41) is 7.75. The SMILES string of the molecule is COc1ccc([C@H]2C3=C(C[C@H](c4ccccc4)CC3=O)Nc3ncnn32)cc1OC. The van der Waals surface area contributed by atoms with Crippen molar-refractivity contribution in [1.29, 1.82) is 0 Å². The standard InChI is InChI=1S/C23H22N4O3/c1-29-19-9-8-15(12-20(19)30-2)22-21-17(26-23-24-13-25-27(22)23)10-16(11-18(21)28)14-6-4-3-5-7-14/h3-9,12-13,16,22H,10-11H2,1-2H3,(H,24,25,26)/t16-,22-/m0/s1. The van der Waals surface area contributed by atoms with E-state index < -0.39 is 0 Å². The topological polar surface area (TPSA) is 78.3 Å². The highest BCUT2D eigenvalue weighted by atomic mass is 16.5. The maximum Gasteiger partial charge on any atom is 0.226 e. The van der Waals surface area contributed by atoms with Crippen LogP contribution in [0.4, 0.5) is 5.95 Å². The summed E-state index contributed by atoms with van der Waals surface area (Å²) in [5.41, 5.74) is 3.74. The first-order valence-electron chi connectivity index (χ1n) is 9.89. The minimum atomic E-state index is -0.359. The predicted octanol–water partition coefficient (Wildman–Crippen LogP) is 3.71. The first-order valence-corrected chi connectivity index (χ1v) is 9.89. The lowest BCUT2D eigenvalue weighted by Gasteiger charge is -2.35. The molecule has 1 aliphatic carbocycles. The van der Waals surface area contributed by atoms with Crippen molar-refractivity contribution in [1.82, 2.24) is 14.8 Å². The number of hydrogen-bond acceptors (Lipinski definition) is 6. The first-order chi connectivity index (χ1) is 14.7. The number of hydrogen-bond donors (Lipinski definition) is 1. The number of nitrogens with one attached hydrogen (secondary N) is 1. The van der Waals surface area contributed by atoms with Crippen LogP contribution in [0.15, 0.2) is 66.1 Å². The van der Waals surface area contributed by atoms with Crippen molar-refractivity contribution in [3.05, 3.63) is 77.3 Å². The van der Waals surface area contributed by atoms with Crippen molar-refractivity contribution in [2.45, 2.75) is 24.8 Å². The second-order valence-electron chi connectivity index (χ2n) is 7.50. The maximum atomic E-state index is 13.4. The number of aromatic nitrogens is 3. The van der Waals surface area contributed by atoms with Gasteiger partial charge in [0.1, 0.15) is 12.4 Å². The smallest absolute Gasteiger partial charge is 0.226 e. The normalized spacial score (nSPS) is 20.3. The number of carbonyl (C=O) groups excluding carboxylic acids is 1. The van der Waals surface area contributed by atoms with Crippen molar-refractivity contribution < 1.29 is 14.3 Å². The molecule has 1 aliphatic heterocycles. The fraction of sp³-hybridized carbons (Fsp3) is 0.261. The van der Waals surface area contributed by atoms with Gasteiger partial charge >= 0.3 is 0 Å². The van der Waals surface area contributed by atoms with E-state index in [1.165, 1.54) is 11.9 Å². The van der Waals surface area contributed by atoms with E-state index >= 15 is 0 Å². The Hall–Kier alpha value is -3.61. The van der Waals surface area contributed by atoms with Gasteiger partial charge < -0.3 is 14.8 Å². The van der Waals surface area contributed by atoms with E-state index in [4.69, 9.17) is 9.47 Å². The lowest BCUT2D eigenvalue weighted by Crippen LogP contribution is -2.33. The Labute approximate surface area is 174 Å². The van der Waals surface area contributed by atoms with Gasteiger partial charge in [0.25, 0.3) is 0 Å². The zero-order valence-corrected chi connectivity index (χ0v) is 16.8. The molecule has 7 nitrogen and oxygen atoms in total. The summed E-state index contributed by atoms with van der Waals surface area (Å²) in [7, 11) is 3.21. The van der Waals surface area contributed by atoms with Crippen molar-refractivity contribution in [2.24, 2.45) is 0 Å². The Kier molecular flexibility index (Phi) is 4.50. The van der Waals surface area contributed by atoms with E-state index in [0.29, 0.717) is 23.9 Å². The third kappa shape index (κ3) is 2.94. The number of ether oxygens (including phenoxy) is 2. The van der Waals surface area contributed by atoms with Crippen molar-refractivity contribution in [3.63, 3.8) is 0 Å². The average molecular weight is 402 g/mol. The van der Waals surface area contributed by atoms with Crippen LogP contribution in [-0.2, 0) is 4.79 Å². The molecule has 0 saturated heterocycles. The second-order valence-corrected chi connectivity index (χ2v) is 7.50. The molecule has 0 spiro atoms. The molecule has 2 atom stereocenters. The van der Waals surface area contributed by atoms with Gasteiger partial charge in [-0.2, -0.15) is 10.1 Å². The van der Waals surface area contributed by atoms with Crippen LogP contribution in [-0.4, -0.2) is 34.8 Å². The molecule has 30 heavy (non-hydrogen) atoms. The molecule has 7 heteroatoms. The molecule has 1 N–H and O–H groups in total. The highest BCUT2D eigenvalue weighted by molar-refractivity contribution is 6.00. The molecule has 2 aromatic carbocycles. The lowest BCUT2D eigenvalue weighted by molar-refractivity contribution is -0.116. The van der Waals surface area contributed by atoms with E-state index in [9.17, 15) is 4.79 Å². The maximum absolute atomic E-state index is 13.4. The summed E-state index contributed by atoms with van der Waals surface area (Å²) in [4.78, 5) is 17.8. The summed E-state index contributed by atoms with van der Waals surface area (Å²) in [6.07, 6.45) is 2.73. The summed E-state index contributed by atoms with van der Waals surface area (Å²) in [6, 6.07) is 15.5. The Morgan fingerprint density at radius 3 is 2.57 bits per heavy atom. The van der Waals surface area contributed by atoms with Crippen LogP contribution >= 0.6 is 0 Å². The van der Waals surface area contributed by atoms with Crippen LogP contribution in [0.5, 0.6) is 11.5 Å². The number of nitrogens with zero attached hydrogens (tertiary/aromatic N) is 3. The number of anilines is 1. The Balaban J connectivity index is 1.61. The molecule has 5 rings (SSSR count). The van der Waals surface area contributed by atoms with Gasteiger partial charge in [0.2, 0.25) is 5.95 Å². The number of fused-ring (bicyclic) bond motifs is 1. The number of rotatable bonds is 4. The monoisotopic (exact) mass is 402 g/mol. The zero-order chi connectivity index (χ0) is 20.7. The number of benzene rings is 2. The van der Waals surface area contributed by atoms with Crippen LogP contribution in [0.25, 0.3) is 0 Å². The van der Waals surface area contributed by atoms with Crippen LogP contribution in [0, 0.1) is 0 Å². The number of methoxy groups -OCH3 is 2. The zero-order valence-electron chi connectivity index (χ0n) is 16.8. The molecule has 0 fully saturated rings. The van der Waals surface area contributed by atoms with E-state index in [2.05, 4.69) is 27.5 Å². The Morgan fingerprint density at radius 2 is 1.80 bits per heavy atom. The van der Waals surface area contributed by atoms with Gasteiger partial charge in [-0.3, -0.25) is 4.79 Å². The van der Waals surface area contributed by atoms with Crippen molar-refractivity contribution in [2.75, 3.05) is 19.5 Å². The van der Waals surface area contributed by atoms with Crippen LogP contribution in [0.3, 0.4) is 0 Å². The summed E-state index contributed by atoms with van der Waals surface area (Å²) >= 11 is 0. The van der Waals surface area contributed by atoms with Gasteiger partial charge in [-0.25, -0.2) is 4.68 Å².